The van der Waals surface area contributed by atoms with Crippen LogP contribution in [0.15, 0.2) is 54.7 Å². The van der Waals surface area contributed by atoms with E-state index in [1.54, 1.807) is 6.20 Å². The number of amides is 1. The van der Waals surface area contributed by atoms with E-state index in [-0.39, 0.29) is 5.91 Å². The van der Waals surface area contributed by atoms with E-state index in [9.17, 15) is 4.79 Å². The van der Waals surface area contributed by atoms with E-state index in [2.05, 4.69) is 22.2 Å². The standard InChI is InChI=1S/C20H17N3O/c1-12-13(2)22-19-9-8-14(11-16(12)19)20(24)23-18-7-3-6-17-15(18)5-4-10-21-17/h3-11,22H,1-2H3,(H,23,24). The van der Waals surface area contributed by atoms with Gasteiger partial charge in [-0.25, -0.2) is 0 Å². The van der Waals surface area contributed by atoms with Gasteiger partial charge in [0.2, 0.25) is 0 Å². The summed E-state index contributed by atoms with van der Waals surface area (Å²) in [6.07, 6.45) is 1.75. The molecule has 0 aliphatic heterocycles. The van der Waals surface area contributed by atoms with Crippen molar-refractivity contribution in [3.05, 3.63) is 71.5 Å². The minimum Gasteiger partial charge on any atom is -0.358 e. The Labute approximate surface area is 139 Å². The van der Waals surface area contributed by atoms with Gasteiger partial charge in [-0.05, 0) is 61.9 Å². The predicted molar refractivity (Wildman–Crippen MR) is 97.5 cm³/mol. The normalized spacial score (nSPS) is 11.1. The molecular formula is C20H17N3O. The van der Waals surface area contributed by atoms with E-state index in [4.69, 9.17) is 0 Å². The third-order valence-corrected chi connectivity index (χ3v) is 4.46. The highest BCUT2D eigenvalue weighted by Gasteiger charge is 2.11. The third-order valence-electron chi connectivity index (χ3n) is 4.46. The Balaban J connectivity index is 1.72. The molecule has 0 radical (unpaired) electrons. The van der Waals surface area contributed by atoms with Gasteiger partial charge in [-0.2, -0.15) is 0 Å². The lowest BCUT2D eigenvalue weighted by atomic mass is 10.1. The molecule has 0 bridgehead atoms. The Bertz CT molecular complexity index is 1070. The molecule has 0 unspecified atom stereocenters. The maximum absolute atomic E-state index is 12.7. The van der Waals surface area contributed by atoms with Gasteiger partial charge in [0.05, 0.1) is 11.2 Å². The number of nitrogens with zero attached hydrogens (tertiary/aromatic N) is 1. The summed E-state index contributed by atoms with van der Waals surface area (Å²) in [4.78, 5) is 20.3. The van der Waals surface area contributed by atoms with E-state index in [1.165, 1.54) is 5.56 Å². The Morgan fingerprint density at radius 3 is 2.79 bits per heavy atom. The van der Waals surface area contributed by atoms with Gasteiger partial charge in [0.25, 0.3) is 5.91 Å². The fourth-order valence-corrected chi connectivity index (χ4v) is 3.01. The highest BCUT2D eigenvalue weighted by molar-refractivity contribution is 6.10. The molecule has 24 heavy (non-hydrogen) atoms. The van der Waals surface area contributed by atoms with Gasteiger partial charge in [-0.15, -0.1) is 0 Å². The van der Waals surface area contributed by atoms with Gasteiger partial charge in [-0.3, -0.25) is 9.78 Å². The van der Waals surface area contributed by atoms with Crippen LogP contribution in [0.3, 0.4) is 0 Å². The quantitative estimate of drug-likeness (QED) is 0.568. The monoisotopic (exact) mass is 315 g/mol. The van der Waals surface area contributed by atoms with Crippen LogP contribution in [0.4, 0.5) is 5.69 Å². The molecule has 2 aromatic carbocycles. The molecular weight excluding hydrogens is 298 g/mol. The first-order valence-corrected chi connectivity index (χ1v) is 7.87. The molecule has 4 heteroatoms. The average Bonchev–Trinajstić information content (AvgIpc) is 2.89. The van der Waals surface area contributed by atoms with E-state index >= 15 is 0 Å². The number of nitrogens with one attached hydrogen (secondary N) is 2. The van der Waals surface area contributed by atoms with Crippen molar-refractivity contribution in [3.8, 4) is 0 Å². The predicted octanol–water partition coefficient (Wildman–Crippen LogP) is 4.59. The number of hydrogen-bond acceptors (Lipinski definition) is 2. The second kappa shape index (κ2) is 5.49. The number of benzene rings is 2. The van der Waals surface area contributed by atoms with Gasteiger partial charge in [0.15, 0.2) is 0 Å². The van der Waals surface area contributed by atoms with Crippen LogP contribution in [0.5, 0.6) is 0 Å². The number of carbonyl (C=O) groups is 1. The van der Waals surface area contributed by atoms with Gasteiger partial charge >= 0.3 is 0 Å². The number of hydrogen-bond donors (Lipinski definition) is 2. The van der Waals surface area contributed by atoms with Crippen molar-refractivity contribution in [3.63, 3.8) is 0 Å². The average molecular weight is 315 g/mol. The number of fused-ring (bicyclic) bond motifs is 2. The van der Waals surface area contributed by atoms with Crippen LogP contribution in [0.2, 0.25) is 0 Å². The second-order valence-electron chi connectivity index (χ2n) is 5.97. The lowest BCUT2D eigenvalue weighted by Crippen LogP contribution is -2.12. The Hall–Kier alpha value is -3.14. The molecule has 4 nitrogen and oxygen atoms in total. The van der Waals surface area contributed by atoms with E-state index in [0.717, 1.165) is 33.2 Å². The highest BCUT2D eigenvalue weighted by Crippen LogP contribution is 2.25. The van der Waals surface area contributed by atoms with Crippen LogP contribution >= 0.6 is 0 Å². The van der Waals surface area contributed by atoms with Crippen molar-refractivity contribution >= 4 is 33.4 Å². The number of H-pyrrole nitrogens is 1. The molecule has 4 rings (SSSR count). The Kier molecular flexibility index (Phi) is 3.31. The first-order valence-electron chi connectivity index (χ1n) is 7.87. The maximum atomic E-state index is 12.7. The molecule has 2 N–H and O–H groups in total. The van der Waals surface area contributed by atoms with Gasteiger partial charge < -0.3 is 10.3 Å². The van der Waals surface area contributed by atoms with Gasteiger partial charge in [-0.1, -0.05) is 6.07 Å². The summed E-state index contributed by atoms with van der Waals surface area (Å²) < 4.78 is 0. The van der Waals surface area contributed by atoms with Crippen molar-refractivity contribution in [2.24, 2.45) is 0 Å². The van der Waals surface area contributed by atoms with Crippen molar-refractivity contribution in [1.82, 2.24) is 9.97 Å². The maximum Gasteiger partial charge on any atom is 0.255 e. The zero-order chi connectivity index (χ0) is 16.7. The largest absolute Gasteiger partial charge is 0.358 e. The molecule has 0 aliphatic carbocycles. The van der Waals surface area contributed by atoms with E-state index in [0.29, 0.717) is 5.56 Å². The molecule has 0 spiro atoms. The molecule has 118 valence electrons. The summed E-state index contributed by atoms with van der Waals surface area (Å²) in [5, 5.41) is 5.02. The zero-order valence-corrected chi connectivity index (χ0v) is 13.6. The molecule has 0 fully saturated rings. The van der Waals surface area contributed by atoms with Crippen LogP contribution in [0.1, 0.15) is 21.6 Å². The number of pyridine rings is 1. The Morgan fingerprint density at radius 1 is 1.04 bits per heavy atom. The van der Waals surface area contributed by atoms with Crippen molar-refractivity contribution in [2.75, 3.05) is 5.32 Å². The van der Waals surface area contributed by atoms with Crippen LogP contribution in [-0.2, 0) is 0 Å². The molecule has 4 aromatic rings. The molecule has 1 amide bonds. The summed E-state index contributed by atoms with van der Waals surface area (Å²) in [6.45, 7) is 4.10. The number of rotatable bonds is 2. The minimum atomic E-state index is -0.119. The summed E-state index contributed by atoms with van der Waals surface area (Å²) in [5.74, 6) is -0.119. The van der Waals surface area contributed by atoms with Crippen LogP contribution in [-0.4, -0.2) is 15.9 Å². The number of carbonyl (C=O) groups excluding carboxylic acids is 1. The first-order chi connectivity index (χ1) is 11.6. The van der Waals surface area contributed by atoms with Gasteiger partial charge in [0, 0.05) is 33.7 Å². The summed E-state index contributed by atoms with van der Waals surface area (Å²) in [6, 6.07) is 15.3. The van der Waals surface area contributed by atoms with E-state index in [1.807, 2.05) is 55.5 Å². The fourth-order valence-electron chi connectivity index (χ4n) is 3.01. The molecule has 0 saturated carbocycles. The molecule has 0 saturated heterocycles. The third kappa shape index (κ3) is 2.33. The van der Waals surface area contributed by atoms with Crippen molar-refractivity contribution in [2.45, 2.75) is 13.8 Å². The molecule has 0 aliphatic rings. The number of anilines is 1. The smallest absolute Gasteiger partial charge is 0.255 e. The van der Waals surface area contributed by atoms with Crippen molar-refractivity contribution in [1.29, 1.82) is 0 Å². The van der Waals surface area contributed by atoms with Crippen LogP contribution in [0, 0.1) is 13.8 Å². The summed E-state index contributed by atoms with van der Waals surface area (Å²) in [5.41, 5.74) is 5.63. The lowest BCUT2D eigenvalue weighted by molar-refractivity contribution is 0.102. The number of aromatic nitrogens is 2. The second-order valence-corrected chi connectivity index (χ2v) is 5.97. The summed E-state index contributed by atoms with van der Waals surface area (Å²) in [7, 11) is 0. The van der Waals surface area contributed by atoms with Crippen LogP contribution < -0.4 is 5.32 Å². The topological polar surface area (TPSA) is 57.8 Å². The zero-order valence-electron chi connectivity index (χ0n) is 13.6. The van der Waals surface area contributed by atoms with Gasteiger partial charge in [0.1, 0.15) is 0 Å². The summed E-state index contributed by atoms with van der Waals surface area (Å²) >= 11 is 0. The molecule has 2 aromatic heterocycles. The highest BCUT2D eigenvalue weighted by atomic mass is 16.1. The van der Waals surface area contributed by atoms with Crippen LogP contribution in [0.25, 0.3) is 21.8 Å². The lowest BCUT2D eigenvalue weighted by Gasteiger charge is -2.08. The minimum absolute atomic E-state index is 0.119. The molecule has 2 heterocycles. The number of aryl methyl sites for hydroxylation is 2. The molecule has 0 atom stereocenters. The SMILES string of the molecule is Cc1[nH]c2ccc(C(=O)Nc3cccc4ncccc34)cc2c1C. The Morgan fingerprint density at radius 2 is 1.92 bits per heavy atom. The fraction of sp³-hybridized carbons (Fsp3) is 0.100. The van der Waals surface area contributed by atoms with Crippen molar-refractivity contribution < 1.29 is 4.79 Å². The first kappa shape index (κ1) is 14.5. The van der Waals surface area contributed by atoms with E-state index < -0.39 is 0 Å². The number of aromatic amines is 1.